The molecule has 3 heteroatoms. The van der Waals surface area contributed by atoms with Crippen LogP contribution in [0.5, 0.6) is 0 Å². The van der Waals surface area contributed by atoms with Gasteiger partial charge in [0.15, 0.2) is 0 Å². The molecule has 0 bridgehead atoms. The van der Waals surface area contributed by atoms with E-state index in [-0.39, 0.29) is 11.7 Å². The van der Waals surface area contributed by atoms with Gasteiger partial charge in [0.1, 0.15) is 5.82 Å². The standard InChI is InChI=1S/C14H19ClFN/c1-10(2)11-6-7-17(9-11)14-5-3-4-13(16)12(14)8-15/h3-5,10-11H,6-9H2,1-2H3. The predicted molar refractivity (Wildman–Crippen MR) is 71.1 cm³/mol. The molecule has 0 radical (unpaired) electrons. The zero-order chi connectivity index (χ0) is 12.4. The van der Waals surface area contributed by atoms with E-state index < -0.39 is 0 Å². The fourth-order valence-corrected chi connectivity index (χ4v) is 2.79. The van der Waals surface area contributed by atoms with Crippen LogP contribution in [0.3, 0.4) is 0 Å². The first-order valence-electron chi connectivity index (χ1n) is 6.21. The van der Waals surface area contributed by atoms with Gasteiger partial charge in [0.25, 0.3) is 0 Å². The van der Waals surface area contributed by atoms with Crippen LogP contribution < -0.4 is 4.90 Å². The summed E-state index contributed by atoms with van der Waals surface area (Å²) in [6, 6.07) is 5.23. The van der Waals surface area contributed by atoms with Crippen LogP contribution in [0.25, 0.3) is 0 Å². The maximum absolute atomic E-state index is 13.6. The molecule has 1 aliphatic rings. The van der Waals surface area contributed by atoms with Crippen LogP contribution in [-0.4, -0.2) is 13.1 Å². The van der Waals surface area contributed by atoms with E-state index in [0.717, 1.165) is 18.8 Å². The van der Waals surface area contributed by atoms with Crippen molar-refractivity contribution in [2.75, 3.05) is 18.0 Å². The highest BCUT2D eigenvalue weighted by Crippen LogP contribution is 2.32. The summed E-state index contributed by atoms with van der Waals surface area (Å²) < 4.78 is 13.6. The van der Waals surface area contributed by atoms with Crippen molar-refractivity contribution in [3.63, 3.8) is 0 Å². The van der Waals surface area contributed by atoms with E-state index in [2.05, 4.69) is 18.7 Å². The summed E-state index contributed by atoms with van der Waals surface area (Å²) in [4.78, 5) is 2.27. The van der Waals surface area contributed by atoms with Gasteiger partial charge in [0.2, 0.25) is 0 Å². The third kappa shape index (κ3) is 2.57. The molecule has 1 atom stereocenters. The first-order valence-corrected chi connectivity index (χ1v) is 6.75. The van der Waals surface area contributed by atoms with Crippen LogP contribution in [0.1, 0.15) is 25.8 Å². The average Bonchev–Trinajstić information content (AvgIpc) is 2.77. The minimum atomic E-state index is -0.189. The van der Waals surface area contributed by atoms with Gasteiger partial charge in [-0.25, -0.2) is 4.39 Å². The van der Waals surface area contributed by atoms with Crippen LogP contribution in [0.2, 0.25) is 0 Å². The predicted octanol–water partition coefficient (Wildman–Crippen LogP) is 4.05. The monoisotopic (exact) mass is 255 g/mol. The Labute approximate surface area is 108 Å². The molecule has 1 fully saturated rings. The van der Waals surface area contributed by atoms with Gasteiger partial charge in [-0.1, -0.05) is 19.9 Å². The molecule has 1 nitrogen and oxygen atoms in total. The van der Waals surface area contributed by atoms with E-state index in [4.69, 9.17) is 11.6 Å². The molecule has 1 aromatic rings. The van der Waals surface area contributed by atoms with Gasteiger partial charge in [0, 0.05) is 24.3 Å². The molecule has 0 N–H and O–H groups in total. The Morgan fingerprint density at radius 3 is 2.82 bits per heavy atom. The highest BCUT2D eigenvalue weighted by Gasteiger charge is 2.26. The van der Waals surface area contributed by atoms with Crippen LogP contribution in [0, 0.1) is 17.7 Å². The Kier molecular flexibility index (Phi) is 3.93. The summed E-state index contributed by atoms with van der Waals surface area (Å²) in [5.41, 5.74) is 1.61. The van der Waals surface area contributed by atoms with Crippen molar-refractivity contribution in [2.45, 2.75) is 26.1 Å². The molecule has 0 saturated carbocycles. The number of alkyl halides is 1. The van der Waals surface area contributed by atoms with E-state index in [1.807, 2.05) is 6.07 Å². The van der Waals surface area contributed by atoms with Crippen molar-refractivity contribution in [2.24, 2.45) is 11.8 Å². The lowest BCUT2D eigenvalue weighted by Gasteiger charge is -2.22. The number of rotatable bonds is 3. The molecule has 1 aromatic carbocycles. The lowest BCUT2D eigenvalue weighted by molar-refractivity contribution is 0.422. The van der Waals surface area contributed by atoms with Crippen molar-refractivity contribution in [3.8, 4) is 0 Å². The zero-order valence-corrected chi connectivity index (χ0v) is 11.2. The molecule has 1 saturated heterocycles. The minimum absolute atomic E-state index is 0.189. The number of halogens is 2. The van der Waals surface area contributed by atoms with Crippen molar-refractivity contribution >= 4 is 17.3 Å². The van der Waals surface area contributed by atoms with Crippen molar-refractivity contribution < 1.29 is 4.39 Å². The largest absolute Gasteiger partial charge is 0.371 e. The maximum Gasteiger partial charge on any atom is 0.129 e. The SMILES string of the molecule is CC(C)C1CCN(c2cccc(F)c2CCl)C1. The fraction of sp³-hybridized carbons (Fsp3) is 0.571. The number of nitrogens with zero attached hydrogens (tertiary/aromatic N) is 1. The summed E-state index contributed by atoms with van der Waals surface area (Å²) in [6.07, 6.45) is 1.19. The normalized spacial score (nSPS) is 20.3. The van der Waals surface area contributed by atoms with E-state index in [0.29, 0.717) is 17.4 Å². The summed E-state index contributed by atoms with van der Waals surface area (Å²) >= 11 is 5.85. The van der Waals surface area contributed by atoms with Crippen molar-refractivity contribution in [3.05, 3.63) is 29.6 Å². The second-order valence-electron chi connectivity index (χ2n) is 5.11. The number of benzene rings is 1. The molecular weight excluding hydrogens is 237 g/mol. The molecule has 1 unspecified atom stereocenters. The lowest BCUT2D eigenvalue weighted by atomic mass is 9.95. The van der Waals surface area contributed by atoms with E-state index in [1.54, 1.807) is 6.07 Å². The van der Waals surface area contributed by atoms with Gasteiger partial charge in [-0.3, -0.25) is 0 Å². The third-order valence-electron chi connectivity index (χ3n) is 3.74. The average molecular weight is 256 g/mol. The fourth-order valence-electron chi connectivity index (χ4n) is 2.53. The molecule has 0 aromatic heterocycles. The van der Waals surface area contributed by atoms with Gasteiger partial charge in [0.05, 0.1) is 5.88 Å². The van der Waals surface area contributed by atoms with E-state index >= 15 is 0 Å². The molecule has 0 spiro atoms. The molecule has 94 valence electrons. The summed E-state index contributed by atoms with van der Waals surface area (Å²) in [5, 5.41) is 0. The summed E-state index contributed by atoms with van der Waals surface area (Å²) in [6.45, 7) is 6.53. The Hall–Kier alpha value is -0.760. The number of anilines is 1. The van der Waals surface area contributed by atoms with Crippen molar-refractivity contribution in [1.82, 2.24) is 0 Å². The molecule has 1 aliphatic heterocycles. The van der Waals surface area contributed by atoms with Gasteiger partial charge in [-0.05, 0) is 30.4 Å². The second kappa shape index (κ2) is 5.26. The Bertz CT molecular complexity index is 392. The third-order valence-corrected chi connectivity index (χ3v) is 4.00. The number of hydrogen-bond acceptors (Lipinski definition) is 1. The quantitative estimate of drug-likeness (QED) is 0.737. The van der Waals surface area contributed by atoms with E-state index in [1.165, 1.54) is 12.5 Å². The maximum atomic E-state index is 13.6. The van der Waals surface area contributed by atoms with Crippen LogP contribution in [0.15, 0.2) is 18.2 Å². The van der Waals surface area contributed by atoms with Gasteiger partial charge >= 0.3 is 0 Å². The summed E-state index contributed by atoms with van der Waals surface area (Å²) in [5.74, 6) is 1.45. The summed E-state index contributed by atoms with van der Waals surface area (Å²) in [7, 11) is 0. The molecule has 0 aliphatic carbocycles. The first kappa shape index (κ1) is 12.7. The Morgan fingerprint density at radius 1 is 1.47 bits per heavy atom. The molecule has 17 heavy (non-hydrogen) atoms. The molecule has 0 amide bonds. The van der Waals surface area contributed by atoms with Crippen molar-refractivity contribution in [1.29, 1.82) is 0 Å². The Balaban J connectivity index is 2.21. The first-order chi connectivity index (χ1) is 8.13. The Morgan fingerprint density at radius 2 is 2.24 bits per heavy atom. The smallest absolute Gasteiger partial charge is 0.129 e. The topological polar surface area (TPSA) is 3.24 Å². The van der Waals surface area contributed by atoms with E-state index in [9.17, 15) is 4.39 Å². The zero-order valence-electron chi connectivity index (χ0n) is 10.4. The molecule has 2 rings (SSSR count). The van der Waals surface area contributed by atoms with Crippen LogP contribution >= 0.6 is 11.6 Å². The van der Waals surface area contributed by atoms with Crippen LogP contribution in [-0.2, 0) is 5.88 Å². The molecular formula is C14H19ClFN. The number of hydrogen-bond donors (Lipinski definition) is 0. The lowest BCUT2D eigenvalue weighted by Crippen LogP contribution is -2.22. The van der Waals surface area contributed by atoms with Gasteiger partial charge in [-0.15, -0.1) is 11.6 Å². The van der Waals surface area contributed by atoms with Crippen LogP contribution in [0.4, 0.5) is 10.1 Å². The van der Waals surface area contributed by atoms with Gasteiger partial charge < -0.3 is 4.90 Å². The highest BCUT2D eigenvalue weighted by molar-refractivity contribution is 6.17. The highest BCUT2D eigenvalue weighted by atomic mass is 35.5. The molecule has 1 heterocycles. The second-order valence-corrected chi connectivity index (χ2v) is 5.38. The van der Waals surface area contributed by atoms with Gasteiger partial charge in [-0.2, -0.15) is 0 Å². The minimum Gasteiger partial charge on any atom is -0.371 e.